The maximum absolute atomic E-state index is 11.0. The Hall–Kier alpha value is -4.47. The summed E-state index contributed by atoms with van der Waals surface area (Å²) in [6, 6.07) is 31.7. The van der Waals surface area contributed by atoms with E-state index in [1.165, 1.54) is 23.3 Å². The molecule has 6 rings (SSSR count). The molecule has 3 aromatic carbocycles. The number of pyridine rings is 1. The minimum absolute atomic E-state index is 0.0839. The topological polar surface area (TPSA) is 76.2 Å². The van der Waals surface area contributed by atoms with Crippen LogP contribution in [0.25, 0.3) is 5.69 Å². The summed E-state index contributed by atoms with van der Waals surface area (Å²) in [5, 5.41) is 15.2. The Balaban J connectivity index is 1.36. The van der Waals surface area contributed by atoms with E-state index in [0.717, 1.165) is 44.7 Å². The maximum atomic E-state index is 11.0. The summed E-state index contributed by atoms with van der Waals surface area (Å²) in [5.74, 6) is 0. The third-order valence-electron chi connectivity index (χ3n) is 7.89. The maximum Gasteiger partial charge on any atom is 0.269 e. The molecule has 5 aromatic rings. The monoisotopic (exact) mass is 605 g/mol. The van der Waals surface area contributed by atoms with Crippen molar-refractivity contribution in [2.75, 3.05) is 4.90 Å². The van der Waals surface area contributed by atoms with Crippen molar-refractivity contribution in [2.45, 2.75) is 49.1 Å². The SMILES string of the molecule is CCc1ccc(-n2c(C)cc([C@H]3[C@@H](c4ccccn4)NC(=S)N3c3ccc(Sc4ccc([N+](=O)[O-])cc4)cc3)c2C)cc1. The normalized spacial score (nSPS) is 16.3. The van der Waals surface area contributed by atoms with Crippen molar-refractivity contribution in [1.82, 2.24) is 14.9 Å². The van der Waals surface area contributed by atoms with Crippen LogP contribution in [0.4, 0.5) is 11.4 Å². The van der Waals surface area contributed by atoms with Crippen LogP contribution < -0.4 is 10.2 Å². The first-order valence-corrected chi connectivity index (χ1v) is 15.4. The third-order valence-corrected chi connectivity index (χ3v) is 9.22. The van der Waals surface area contributed by atoms with Gasteiger partial charge in [0.15, 0.2) is 5.11 Å². The molecule has 9 heteroatoms. The molecule has 43 heavy (non-hydrogen) atoms. The highest BCUT2D eigenvalue weighted by molar-refractivity contribution is 7.99. The molecule has 1 N–H and O–H groups in total. The van der Waals surface area contributed by atoms with Crippen LogP contribution >= 0.6 is 24.0 Å². The van der Waals surface area contributed by atoms with Crippen molar-refractivity contribution in [3.8, 4) is 5.69 Å². The Labute approximate surface area is 260 Å². The van der Waals surface area contributed by atoms with Crippen LogP contribution in [0.2, 0.25) is 0 Å². The van der Waals surface area contributed by atoms with Gasteiger partial charge in [0, 0.05) is 50.9 Å². The van der Waals surface area contributed by atoms with Gasteiger partial charge in [0.25, 0.3) is 5.69 Å². The van der Waals surface area contributed by atoms with Crippen LogP contribution in [0.1, 0.15) is 47.2 Å². The molecule has 1 fully saturated rings. The van der Waals surface area contributed by atoms with E-state index in [0.29, 0.717) is 5.11 Å². The summed E-state index contributed by atoms with van der Waals surface area (Å²) < 4.78 is 2.31. The molecule has 216 valence electrons. The van der Waals surface area contributed by atoms with Crippen molar-refractivity contribution in [3.63, 3.8) is 0 Å². The first-order chi connectivity index (χ1) is 20.8. The van der Waals surface area contributed by atoms with E-state index >= 15 is 0 Å². The van der Waals surface area contributed by atoms with Crippen molar-refractivity contribution in [2.24, 2.45) is 0 Å². The quantitative estimate of drug-likeness (QED) is 0.108. The van der Waals surface area contributed by atoms with Crippen LogP contribution in [0.15, 0.2) is 113 Å². The number of anilines is 1. The van der Waals surface area contributed by atoms with E-state index in [-0.39, 0.29) is 22.7 Å². The van der Waals surface area contributed by atoms with E-state index in [9.17, 15) is 10.1 Å². The molecule has 0 radical (unpaired) electrons. The summed E-state index contributed by atoms with van der Waals surface area (Å²) in [6.45, 7) is 6.49. The average molecular weight is 606 g/mol. The first kappa shape index (κ1) is 28.6. The summed E-state index contributed by atoms with van der Waals surface area (Å²) in [7, 11) is 0. The predicted octanol–water partition coefficient (Wildman–Crippen LogP) is 8.29. The van der Waals surface area contributed by atoms with Gasteiger partial charge in [-0.05, 0) is 110 Å². The van der Waals surface area contributed by atoms with Gasteiger partial charge in [0.05, 0.1) is 22.7 Å². The zero-order valence-corrected chi connectivity index (χ0v) is 25.7. The highest BCUT2D eigenvalue weighted by Gasteiger charge is 2.42. The number of nitro groups is 1. The van der Waals surface area contributed by atoms with Gasteiger partial charge in [-0.2, -0.15) is 0 Å². The van der Waals surface area contributed by atoms with Gasteiger partial charge in [-0.3, -0.25) is 15.1 Å². The molecule has 7 nitrogen and oxygen atoms in total. The number of non-ortho nitro benzene ring substituents is 1. The summed E-state index contributed by atoms with van der Waals surface area (Å²) in [5.41, 5.74) is 7.95. The number of thiocarbonyl (C=S) groups is 1. The number of hydrogen-bond acceptors (Lipinski definition) is 5. The average Bonchev–Trinajstić information content (AvgIpc) is 3.52. The molecule has 0 saturated carbocycles. The van der Waals surface area contributed by atoms with Crippen LogP contribution in [-0.4, -0.2) is 19.6 Å². The Morgan fingerprint density at radius 1 is 0.930 bits per heavy atom. The fourth-order valence-corrected chi connectivity index (χ4v) is 6.92. The molecule has 2 atom stereocenters. The number of rotatable bonds is 8. The summed E-state index contributed by atoms with van der Waals surface area (Å²) in [6.07, 6.45) is 2.83. The molecule has 1 aliphatic rings. The lowest BCUT2D eigenvalue weighted by Crippen LogP contribution is -2.29. The van der Waals surface area contributed by atoms with Crippen LogP contribution in [0, 0.1) is 24.0 Å². The number of aryl methyl sites for hydroxylation is 2. The zero-order chi connectivity index (χ0) is 30.1. The van der Waals surface area contributed by atoms with Crippen molar-refractivity contribution < 1.29 is 4.92 Å². The van der Waals surface area contributed by atoms with Crippen LogP contribution in [-0.2, 0) is 6.42 Å². The first-order valence-electron chi connectivity index (χ1n) is 14.1. The van der Waals surface area contributed by atoms with Crippen molar-refractivity contribution in [1.29, 1.82) is 0 Å². The minimum Gasteiger partial charge on any atom is -0.351 e. The molecule has 0 bridgehead atoms. The molecule has 2 aromatic heterocycles. The van der Waals surface area contributed by atoms with Gasteiger partial charge < -0.3 is 14.8 Å². The number of nitrogens with zero attached hydrogens (tertiary/aromatic N) is 4. The Morgan fingerprint density at radius 2 is 1.58 bits per heavy atom. The number of benzene rings is 3. The van der Waals surface area contributed by atoms with Crippen molar-refractivity contribution >= 4 is 40.5 Å². The molecule has 0 spiro atoms. The zero-order valence-electron chi connectivity index (χ0n) is 24.1. The molecule has 0 amide bonds. The van der Waals surface area contributed by atoms with Gasteiger partial charge in [0.2, 0.25) is 0 Å². The van der Waals surface area contributed by atoms with Crippen LogP contribution in [0.3, 0.4) is 0 Å². The largest absolute Gasteiger partial charge is 0.351 e. The number of aromatic nitrogens is 2. The van der Waals surface area contributed by atoms with Gasteiger partial charge in [-0.25, -0.2) is 0 Å². The standard InChI is InChI=1S/C34H31N5O2S2/c1-4-24-8-10-25(11-9-24)37-22(2)21-30(23(37)3)33-32(31-7-5-6-20-35-31)36-34(42)38(33)26-12-16-28(17-13-26)43-29-18-14-27(15-19-29)39(40)41/h5-21,32-33H,4H2,1-3H3,(H,36,42)/t32-,33+/m1/s1. The van der Waals surface area contributed by atoms with E-state index in [1.807, 2.05) is 24.4 Å². The minimum atomic E-state index is -0.385. The second-order valence-electron chi connectivity index (χ2n) is 10.5. The van der Waals surface area contributed by atoms with Gasteiger partial charge >= 0.3 is 0 Å². The molecule has 1 saturated heterocycles. The van der Waals surface area contributed by atoms with Crippen molar-refractivity contribution in [3.05, 3.63) is 142 Å². The Morgan fingerprint density at radius 3 is 2.19 bits per heavy atom. The Kier molecular flexibility index (Phi) is 8.01. The fraction of sp³-hybridized carbons (Fsp3) is 0.176. The van der Waals surface area contributed by atoms with E-state index in [2.05, 4.69) is 90.2 Å². The molecular weight excluding hydrogens is 575 g/mol. The summed E-state index contributed by atoms with van der Waals surface area (Å²) in [4.78, 5) is 19.5. The third kappa shape index (κ3) is 5.66. The van der Waals surface area contributed by atoms with Gasteiger partial charge in [-0.1, -0.05) is 36.9 Å². The molecule has 3 heterocycles. The second kappa shape index (κ2) is 12.0. The van der Waals surface area contributed by atoms with E-state index < -0.39 is 0 Å². The molecule has 0 aliphatic carbocycles. The van der Waals surface area contributed by atoms with Gasteiger partial charge in [0.1, 0.15) is 0 Å². The number of nitrogens with one attached hydrogen (secondary N) is 1. The number of hydrogen-bond donors (Lipinski definition) is 1. The molecule has 1 aliphatic heterocycles. The predicted molar refractivity (Wildman–Crippen MR) is 176 cm³/mol. The summed E-state index contributed by atoms with van der Waals surface area (Å²) >= 11 is 7.53. The molecule has 0 unspecified atom stereocenters. The smallest absolute Gasteiger partial charge is 0.269 e. The highest BCUT2D eigenvalue weighted by Crippen LogP contribution is 2.44. The van der Waals surface area contributed by atoms with E-state index in [1.54, 1.807) is 23.9 Å². The second-order valence-corrected chi connectivity index (χ2v) is 12.1. The lowest BCUT2D eigenvalue weighted by atomic mass is 9.96. The molecular formula is C34H31N5O2S2. The lowest BCUT2D eigenvalue weighted by molar-refractivity contribution is -0.384. The highest BCUT2D eigenvalue weighted by atomic mass is 32.2. The lowest BCUT2D eigenvalue weighted by Gasteiger charge is -2.28. The Bertz CT molecular complexity index is 1770. The van der Waals surface area contributed by atoms with E-state index in [4.69, 9.17) is 17.2 Å². The number of nitro benzene ring substituents is 1. The van der Waals surface area contributed by atoms with Crippen LogP contribution in [0.5, 0.6) is 0 Å². The fourth-order valence-electron chi connectivity index (χ4n) is 5.76. The van der Waals surface area contributed by atoms with Gasteiger partial charge in [-0.15, -0.1) is 0 Å².